The van der Waals surface area contributed by atoms with Crippen LogP contribution in [0.25, 0.3) is 10.6 Å². The SMILES string of the molecule is COC(=O)Nc1sc(N/N=C/c2ccc(N(C)C)cc2)nc1-c1cccs1. The lowest BCUT2D eigenvalue weighted by Gasteiger charge is -2.11. The van der Waals surface area contributed by atoms with Crippen LogP contribution in [0.1, 0.15) is 5.56 Å². The molecule has 0 aliphatic rings. The minimum Gasteiger partial charge on any atom is -0.453 e. The van der Waals surface area contributed by atoms with Crippen molar-refractivity contribution in [3.63, 3.8) is 0 Å². The number of thiophene rings is 1. The number of hydrazone groups is 1. The summed E-state index contributed by atoms with van der Waals surface area (Å²) in [6.45, 7) is 0. The van der Waals surface area contributed by atoms with Gasteiger partial charge in [-0.1, -0.05) is 29.5 Å². The van der Waals surface area contributed by atoms with Crippen LogP contribution in [0.2, 0.25) is 0 Å². The molecule has 0 saturated heterocycles. The van der Waals surface area contributed by atoms with Crippen LogP contribution in [0.3, 0.4) is 0 Å². The summed E-state index contributed by atoms with van der Waals surface area (Å²) in [4.78, 5) is 19.1. The van der Waals surface area contributed by atoms with Gasteiger partial charge in [0.25, 0.3) is 0 Å². The van der Waals surface area contributed by atoms with E-state index in [-0.39, 0.29) is 0 Å². The van der Waals surface area contributed by atoms with Crippen molar-refractivity contribution in [2.75, 3.05) is 36.8 Å². The van der Waals surface area contributed by atoms with Gasteiger partial charge in [0.1, 0.15) is 10.7 Å². The molecule has 1 amide bonds. The Morgan fingerprint density at radius 3 is 2.67 bits per heavy atom. The van der Waals surface area contributed by atoms with Crippen molar-refractivity contribution in [3.05, 3.63) is 47.3 Å². The van der Waals surface area contributed by atoms with Crippen molar-refractivity contribution in [2.45, 2.75) is 0 Å². The maximum atomic E-state index is 11.6. The Morgan fingerprint density at radius 2 is 2.04 bits per heavy atom. The first-order chi connectivity index (χ1) is 13.1. The van der Waals surface area contributed by atoms with Crippen LogP contribution in [-0.2, 0) is 4.74 Å². The highest BCUT2D eigenvalue weighted by molar-refractivity contribution is 7.21. The Morgan fingerprint density at radius 1 is 1.26 bits per heavy atom. The molecule has 0 fully saturated rings. The van der Waals surface area contributed by atoms with E-state index in [1.165, 1.54) is 18.4 Å². The van der Waals surface area contributed by atoms with Gasteiger partial charge in [-0.15, -0.1) is 11.3 Å². The fourth-order valence-corrected chi connectivity index (χ4v) is 3.80. The molecule has 9 heteroatoms. The molecule has 0 spiro atoms. The van der Waals surface area contributed by atoms with Gasteiger partial charge in [0.2, 0.25) is 5.13 Å². The van der Waals surface area contributed by atoms with Crippen molar-refractivity contribution in [3.8, 4) is 10.6 Å². The summed E-state index contributed by atoms with van der Waals surface area (Å²) in [7, 11) is 5.32. The number of methoxy groups -OCH3 is 1. The molecule has 0 aliphatic carbocycles. The van der Waals surface area contributed by atoms with E-state index in [1.54, 1.807) is 17.6 Å². The predicted molar refractivity (Wildman–Crippen MR) is 113 cm³/mol. The number of anilines is 3. The summed E-state index contributed by atoms with van der Waals surface area (Å²) < 4.78 is 4.68. The lowest BCUT2D eigenvalue weighted by Crippen LogP contribution is -2.10. The Labute approximate surface area is 165 Å². The summed E-state index contributed by atoms with van der Waals surface area (Å²) >= 11 is 2.84. The minimum absolute atomic E-state index is 0.535. The summed E-state index contributed by atoms with van der Waals surface area (Å²) in [5.41, 5.74) is 5.70. The quantitative estimate of drug-likeness (QED) is 0.467. The maximum Gasteiger partial charge on any atom is 0.412 e. The van der Waals surface area contributed by atoms with Crippen LogP contribution in [0.5, 0.6) is 0 Å². The van der Waals surface area contributed by atoms with Gasteiger partial charge in [-0.05, 0) is 29.1 Å². The van der Waals surface area contributed by atoms with Crippen molar-refractivity contribution in [1.82, 2.24) is 4.98 Å². The van der Waals surface area contributed by atoms with E-state index in [0.717, 1.165) is 16.1 Å². The molecule has 2 aromatic heterocycles. The predicted octanol–water partition coefficient (Wildman–Crippen LogP) is 4.56. The zero-order chi connectivity index (χ0) is 19.2. The number of hydrogen-bond donors (Lipinski definition) is 2. The minimum atomic E-state index is -0.535. The Kier molecular flexibility index (Phi) is 6.05. The molecule has 0 radical (unpaired) electrons. The molecule has 2 N–H and O–H groups in total. The lowest BCUT2D eigenvalue weighted by molar-refractivity contribution is 0.187. The van der Waals surface area contributed by atoms with E-state index in [0.29, 0.717) is 15.8 Å². The van der Waals surface area contributed by atoms with Crippen LogP contribution in [0.4, 0.5) is 20.6 Å². The molecule has 2 heterocycles. The van der Waals surface area contributed by atoms with E-state index >= 15 is 0 Å². The molecule has 27 heavy (non-hydrogen) atoms. The summed E-state index contributed by atoms with van der Waals surface area (Å²) in [6, 6.07) is 11.9. The topological polar surface area (TPSA) is 78.8 Å². The summed E-state index contributed by atoms with van der Waals surface area (Å²) in [5.74, 6) is 0. The van der Waals surface area contributed by atoms with Crippen molar-refractivity contribution < 1.29 is 9.53 Å². The number of carbonyl (C=O) groups excluding carboxylic acids is 1. The van der Waals surface area contributed by atoms with Crippen LogP contribution < -0.4 is 15.6 Å². The molecule has 0 atom stereocenters. The molecular formula is C18H19N5O2S2. The molecule has 7 nitrogen and oxygen atoms in total. The van der Waals surface area contributed by atoms with Gasteiger partial charge in [0.05, 0.1) is 18.2 Å². The highest BCUT2D eigenvalue weighted by Gasteiger charge is 2.16. The van der Waals surface area contributed by atoms with Crippen LogP contribution >= 0.6 is 22.7 Å². The van der Waals surface area contributed by atoms with Crippen LogP contribution in [-0.4, -0.2) is 38.5 Å². The second kappa shape index (κ2) is 8.65. The molecule has 0 saturated carbocycles. The third kappa shape index (κ3) is 4.83. The average molecular weight is 402 g/mol. The van der Waals surface area contributed by atoms with E-state index in [9.17, 15) is 4.79 Å². The largest absolute Gasteiger partial charge is 0.453 e. The second-order valence-electron chi connectivity index (χ2n) is 5.65. The summed E-state index contributed by atoms with van der Waals surface area (Å²) in [6.07, 6.45) is 1.19. The lowest BCUT2D eigenvalue weighted by atomic mass is 10.2. The fourth-order valence-electron chi connectivity index (χ4n) is 2.20. The van der Waals surface area contributed by atoms with Gasteiger partial charge < -0.3 is 9.64 Å². The standard InChI is InChI=1S/C18H19N5O2S2/c1-23(2)13-8-6-12(7-9-13)11-19-22-17-20-15(14-5-4-10-26-14)16(27-17)21-18(24)25-3/h4-11H,1-3H3,(H,20,22)(H,21,24)/b19-11+. The zero-order valence-corrected chi connectivity index (χ0v) is 16.7. The first kappa shape index (κ1) is 18.9. The number of thiazole rings is 1. The van der Waals surface area contributed by atoms with Crippen LogP contribution in [0, 0.1) is 0 Å². The van der Waals surface area contributed by atoms with E-state index in [1.807, 2.05) is 60.8 Å². The third-order valence-electron chi connectivity index (χ3n) is 3.57. The van der Waals surface area contributed by atoms with Gasteiger partial charge >= 0.3 is 6.09 Å². The molecule has 3 aromatic rings. The van der Waals surface area contributed by atoms with Crippen molar-refractivity contribution >= 4 is 50.8 Å². The molecule has 0 bridgehead atoms. The summed E-state index contributed by atoms with van der Waals surface area (Å²) in [5, 5.41) is 10.1. The molecule has 0 unspecified atom stereocenters. The van der Waals surface area contributed by atoms with Gasteiger partial charge in [-0.3, -0.25) is 10.7 Å². The van der Waals surface area contributed by atoms with E-state index < -0.39 is 6.09 Å². The van der Waals surface area contributed by atoms with Gasteiger partial charge in [-0.2, -0.15) is 5.10 Å². The van der Waals surface area contributed by atoms with E-state index in [2.05, 4.69) is 25.6 Å². The number of carbonyl (C=O) groups is 1. The first-order valence-electron chi connectivity index (χ1n) is 8.03. The monoisotopic (exact) mass is 401 g/mol. The fraction of sp³-hybridized carbons (Fsp3) is 0.167. The number of aromatic nitrogens is 1. The number of amides is 1. The number of rotatable bonds is 6. The van der Waals surface area contributed by atoms with Crippen molar-refractivity contribution in [1.29, 1.82) is 0 Å². The zero-order valence-electron chi connectivity index (χ0n) is 15.1. The van der Waals surface area contributed by atoms with Crippen LogP contribution in [0.15, 0.2) is 46.9 Å². The van der Waals surface area contributed by atoms with Gasteiger partial charge in [0, 0.05) is 19.8 Å². The first-order valence-corrected chi connectivity index (χ1v) is 9.72. The molecule has 3 rings (SSSR count). The Hall–Kier alpha value is -2.91. The molecule has 1 aromatic carbocycles. The smallest absolute Gasteiger partial charge is 0.412 e. The Balaban J connectivity index is 1.74. The number of nitrogens with one attached hydrogen (secondary N) is 2. The number of ether oxygens (including phenoxy) is 1. The average Bonchev–Trinajstić information content (AvgIpc) is 3.32. The molecule has 0 aliphatic heterocycles. The number of benzene rings is 1. The van der Waals surface area contributed by atoms with Gasteiger partial charge in [-0.25, -0.2) is 9.78 Å². The Bertz CT molecular complexity index is 918. The normalized spacial score (nSPS) is 10.8. The number of nitrogens with zero attached hydrogens (tertiary/aromatic N) is 3. The molecular weight excluding hydrogens is 382 g/mol. The van der Waals surface area contributed by atoms with E-state index in [4.69, 9.17) is 0 Å². The highest BCUT2D eigenvalue weighted by atomic mass is 32.1. The third-order valence-corrected chi connectivity index (χ3v) is 5.32. The van der Waals surface area contributed by atoms with Gasteiger partial charge in [0.15, 0.2) is 0 Å². The number of hydrogen-bond acceptors (Lipinski definition) is 8. The molecule has 140 valence electrons. The maximum absolute atomic E-state index is 11.6. The second-order valence-corrected chi connectivity index (χ2v) is 7.59. The van der Waals surface area contributed by atoms with Crippen molar-refractivity contribution in [2.24, 2.45) is 5.10 Å². The highest BCUT2D eigenvalue weighted by Crippen LogP contribution is 2.38.